The van der Waals surface area contributed by atoms with Crippen LogP contribution in [0.1, 0.15) is 66.7 Å². The van der Waals surface area contributed by atoms with Crippen molar-refractivity contribution in [1.29, 1.82) is 0 Å². The highest BCUT2D eigenvalue weighted by molar-refractivity contribution is 4.70. The number of unbranched alkanes of at least 4 members (excludes halogenated alkanes) is 1. The second-order valence-corrected chi connectivity index (χ2v) is 5.73. The van der Waals surface area contributed by atoms with Gasteiger partial charge in [-0.15, -0.1) is 0 Å². The van der Waals surface area contributed by atoms with Crippen molar-refractivity contribution in [2.45, 2.75) is 72.9 Å². The van der Waals surface area contributed by atoms with Crippen molar-refractivity contribution >= 4 is 0 Å². The molecule has 0 fully saturated rings. The molecule has 0 aromatic carbocycles. The second-order valence-electron chi connectivity index (χ2n) is 5.73. The summed E-state index contributed by atoms with van der Waals surface area (Å²) in [5.74, 6) is 0.247. The normalized spacial score (nSPS) is 16.7. The first-order chi connectivity index (χ1) is 6.37. The number of halogens is 1. The highest BCUT2D eigenvalue weighted by Crippen LogP contribution is 2.26. The van der Waals surface area contributed by atoms with E-state index in [1.165, 1.54) is 6.42 Å². The lowest BCUT2D eigenvalue weighted by Gasteiger charge is -2.22. The molecule has 86 valence electrons. The van der Waals surface area contributed by atoms with Crippen molar-refractivity contribution in [2.24, 2.45) is 11.3 Å². The summed E-state index contributed by atoms with van der Waals surface area (Å²) in [7, 11) is 0. The Morgan fingerprint density at radius 3 is 2.14 bits per heavy atom. The van der Waals surface area contributed by atoms with Crippen molar-refractivity contribution in [3.05, 3.63) is 0 Å². The van der Waals surface area contributed by atoms with Crippen molar-refractivity contribution < 1.29 is 4.39 Å². The molecule has 0 aliphatic rings. The first-order valence-corrected chi connectivity index (χ1v) is 6.01. The van der Waals surface area contributed by atoms with Gasteiger partial charge in [0, 0.05) is 0 Å². The molecule has 0 aliphatic carbocycles. The van der Waals surface area contributed by atoms with Gasteiger partial charge in [0.1, 0.15) is 6.17 Å². The minimum absolute atomic E-state index is 0.247. The molecule has 0 aromatic rings. The van der Waals surface area contributed by atoms with Crippen LogP contribution in [0.3, 0.4) is 0 Å². The summed E-state index contributed by atoms with van der Waals surface area (Å²) in [6, 6.07) is 0. The smallest absolute Gasteiger partial charge is 0.103 e. The molecule has 2 atom stereocenters. The van der Waals surface area contributed by atoms with Crippen LogP contribution in [0.5, 0.6) is 0 Å². The monoisotopic (exact) mass is 202 g/mol. The standard InChI is InChI=1S/C13H27F/c1-6-7-8-11(2)12(14)9-10-13(3,4)5/h11-12H,6-10H2,1-5H3/t11?,12-/m1/s1. The lowest BCUT2D eigenvalue weighted by Crippen LogP contribution is -2.16. The van der Waals surface area contributed by atoms with Crippen molar-refractivity contribution in [3.63, 3.8) is 0 Å². The van der Waals surface area contributed by atoms with Crippen LogP contribution in [0.15, 0.2) is 0 Å². The van der Waals surface area contributed by atoms with E-state index in [0.29, 0.717) is 0 Å². The molecule has 0 nitrogen and oxygen atoms in total. The Morgan fingerprint density at radius 1 is 1.14 bits per heavy atom. The molecule has 0 saturated carbocycles. The molecule has 0 amide bonds. The maximum absolute atomic E-state index is 13.7. The Balaban J connectivity index is 3.67. The highest BCUT2D eigenvalue weighted by atomic mass is 19.1. The maximum Gasteiger partial charge on any atom is 0.103 e. The summed E-state index contributed by atoms with van der Waals surface area (Å²) in [5.41, 5.74) is 0.273. The van der Waals surface area contributed by atoms with E-state index in [0.717, 1.165) is 25.7 Å². The van der Waals surface area contributed by atoms with Crippen molar-refractivity contribution in [3.8, 4) is 0 Å². The van der Waals surface area contributed by atoms with Gasteiger partial charge in [-0.3, -0.25) is 0 Å². The van der Waals surface area contributed by atoms with Crippen molar-refractivity contribution in [2.75, 3.05) is 0 Å². The zero-order valence-corrected chi connectivity index (χ0v) is 10.6. The van der Waals surface area contributed by atoms with Crippen LogP contribution in [0, 0.1) is 11.3 Å². The molecule has 14 heavy (non-hydrogen) atoms. The Morgan fingerprint density at radius 2 is 1.71 bits per heavy atom. The van der Waals surface area contributed by atoms with Crippen LogP contribution in [-0.2, 0) is 0 Å². The Kier molecular flexibility index (Phi) is 6.39. The summed E-state index contributed by atoms with van der Waals surface area (Å²) in [5, 5.41) is 0. The molecule has 0 aromatic heterocycles. The van der Waals surface area contributed by atoms with E-state index in [9.17, 15) is 4.39 Å². The highest BCUT2D eigenvalue weighted by Gasteiger charge is 2.19. The summed E-state index contributed by atoms with van der Waals surface area (Å²) < 4.78 is 13.7. The fraction of sp³-hybridized carbons (Fsp3) is 1.00. The van der Waals surface area contributed by atoms with E-state index >= 15 is 0 Å². The predicted octanol–water partition coefficient (Wildman–Crippen LogP) is 4.98. The molecule has 0 radical (unpaired) electrons. The van der Waals surface area contributed by atoms with Crippen LogP contribution in [0.4, 0.5) is 4.39 Å². The van der Waals surface area contributed by atoms with Gasteiger partial charge >= 0.3 is 0 Å². The molecular weight excluding hydrogens is 175 g/mol. The fourth-order valence-corrected chi connectivity index (χ4v) is 1.56. The Hall–Kier alpha value is -0.0700. The Bertz CT molecular complexity index is 135. The van der Waals surface area contributed by atoms with Gasteiger partial charge in [-0.25, -0.2) is 4.39 Å². The largest absolute Gasteiger partial charge is 0.247 e. The van der Waals surface area contributed by atoms with Gasteiger partial charge in [-0.2, -0.15) is 0 Å². The quantitative estimate of drug-likeness (QED) is 0.570. The molecule has 0 aliphatic heterocycles. The number of rotatable bonds is 6. The maximum atomic E-state index is 13.7. The molecule has 0 heterocycles. The number of alkyl halides is 1. The van der Waals surface area contributed by atoms with Crippen LogP contribution in [0.25, 0.3) is 0 Å². The summed E-state index contributed by atoms with van der Waals surface area (Å²) in [4.78, 5) is 0. The van der Waals surface area contributed by atoms with Gasteiger partial charge in [-0.05, 0) is 30.6 Å². The minimum atomic E-state index is -0.597. The molecule has 0 spiro atoms. The average Bonchev–Trinajstić information content (AvgIpc) is 2.09. The van der Waals surface area contributed by atoms with Gasteiger partial charge in [-0.1, -0.05) is 47.5 Å². The molecule has 1 unspecified atom stereocenters. The first-order valence-electron chi connectivity index (χ1n) is 6.01. The average molecular weight is 202 g/mol. The van der Waals surface area contributed by atoms with Crippen LogP contribution >= 0.6 is 0 Å². The van der Waals surface area contributed by atoms with Crippen LogP contribution in [-0.4, -0.2) is 6.17 Å². The topological polar surface area (TPSA) is 0 Å². The van der Waals surface area contributed by atoms with Gasteiger partial charge in [0.2, 0.25) is 0 Å². The van der Waals surface area contributed by atoms with Gasteiger partial charge in [0.05, 0.1) is 0 Å². The first kappa shape index (κ1) is 13.9. The van der Waals surface area contributed by atoms with Crippen LogP contribution in [0.2, 0.25) is 0 Å². The SMILES string of the molecule is CCCCC(C)[C@H](F)CCC(C)(C)C. The lowest BCUT2D eigenvalue weighted by atomic mass is 9.86. The van der Waals surface area contributed by atoms with E-state index in [1.54, 1.807) is 0 Å². The third-order valence-electron chi connectivity index (χ3n) is 2.80. The van der Waals surface area contributed by atoms with Gasteiger partial charge in [0.25, 0.3) is 0 Å². The third-order valence-corrected chi connectivity index (χ3v) is 2.80. The fourth-order valence-electron chi connectivity index (χ4n) is 1.56. The molecule has 1 heteroatoms. The summed E-state index contributed by atoms with van der Waals surface area (Å²) in [6.45, 7) is 10.7. The zero-order chi connectivity index (χ0) is 11.2. The van der Waals surface area contributed by atoms with Crippen molar-refractivity contribution in [1.82, 2.24) is 0 Å². The summed E-state index contributed by atoms with van der Waals surface area (Å²) in [6.07, 6.45) is 4.51. The predicted molar refractivity (Wildman–Crippen MR) is 62.3 cm³/mol. The van der Waals surface area contributed by atoms with E-state index in [2.05, 4.69) is 27.7 Å². The molecule has 0 bridgehead atoms. The molecular formula is C13H27F. The van der Waals surface area contributed by atoms with E-state index < -0.39 is 6.17 Å². The number of hydrogen-bond donors (Lipinski definition) is 0. The zero-order valence-electron chi connectivity index (χ0n) is 10.6. The van der Waals surface area contributed by atoms with Gasteiger partial charge in [0.15, 0.2) is 0 Å². The minimum Gasteiger partial charge on any atom is -0.247 e. The molecule has 0 rings (SSSR count). The van der Waals surface area contributed by atoms with E-state index in [1.807, 2.05) is 6.92 Å². The van der Waals surface area contributed by atoms with E-state index in [-0.39, 0.29) is 11.3 Å². The van der Waals surface area contributed by atoms with Crippen LogP contribution < -0.4 is 0 Å². The van der Waals surface area contributed by atoms with E-state index in [4.69, 9.17) is 0 Å². The number of hydrogen-bond acceptors (Lipinski definition) is 0. The summed E-state index contributed by atoms with van der Waals surface area (Å²) >= 11 is 0. The third kappa shape index (κ3) is 7.34. The molecule has 0 saturated heterocycles. The lowest BCUT2D eigenvalue weighted by molar-refractivity contribution is 0.188. The molecule has 0 N–H and O–H groups in total. The van der Waals surface area contributed by atoms with Gasteiger partial charge < -0.3 is 0 Å². The second kappa shape index (κ2) is 6.42. The Labute approximate surface area is 89.3 Å².